The van der Waals surface area contributed by atoms with E-state index in [4.69, 9.17) is 0 Å². The van der Waals surface area contributed by atoms with Gasteiger partial charge in [0.1, 0.15) is 0 Å². The highest BCUT2D eigenvalue weighted by atomic mass is 14.4. The Hall–Kier alpha value is 0. The maximum atomic E-state index is 2.65. The zero-order valence-electron chi connectivity index (χ0n) is 28.7. The van der Waals surface area contributed by atoms with E-state index in [1.807, 2.05) is 0 Å². The molecule has 0 amide bonds. The lowest BCUT2D eigenvalue weighted by molar-refractivity contribution is 0.132. The Bertz CT molecular complexity index is 558. The minimum atomic E-state index is 0.548. The summed E-state index contributed by atoms with van der Waals surface area (Å²) in [5, 5.41) is 0. The molecular formula is C38H76. The molecule has 0 nitrogen and oxygen atoms in total. The molecule has 0 radical (unpaired) electrons. The van der Waals surface area contributed by atoms with Crippen LogP contribution in [0.2, 0.25) is 0 Å². The molecule has 0 aliphatic heterocycles. The molecule has 0 saturated heterocycles. The van der Waals surface area contributed by atoms with E-state index in [2.05, 4.69) is 76.2 Å². The Morgan fingerprint density at radius 1 is 0.658 bits per heavy atom. The molecule has 0 bridgehead atoms. The summed E-state index contributed by atoms with van der Waals surface area (Å²) in [6, 6.07) is 0. The lowest BCUT2D eigenvalue weighted by atomic mass is 9.69. The standard InChI is InChI=1S/C38H76/c1-12-13-18-25-38(10,11)26-19-17-21-31(5)28-36(22-16-14-15-20-30(4)27-29(2)3)34(8)35(9)37-24-23-32(6)33(37)7/h29-37H,12-28H2,1-11H3. The molecule has 1 fully saturated rings. The fourth-order valence-corrected chi connectivity index (χ4v) is 8.27. The number of hydrogen-bond acceptors (Lipinski definition) is 0. The van der Waals surface area contributed by atoms with Crippen LogP contribution in [-0.4, -0.2) is 0 Å². The third-order valence-corrected chi connectivity index (χ3v) is 11.4. The summed E-state index contributed by atoms with van der Waals surface area (Å²) in [6.07, 6.45) is 24.5. The Morgan fingerprint density at radius 2 is 1.21 bits per heavy atom. The predicted octanol–water partition coefficient (Wildman–Crippen LogP) is 13.4. The highest BCUT2D eigenvalue weighted by Gasteiger charge is 2.37. The van der Waals surface area contributed by atoms with Gasteiger partial charge in [-0.25, -0.2) is 0 Å². The molecule has 228 valence electrons. The van der Waals surface area contributed by atoms with Crippen molar-refractivity contribution in [3.63, 3.8) is 0 Å². The van der Waals surface area contributed by atoms with E-state index >= 15 is 0 Å². The molecule has 0 aromatic heterocycles. The van der Waals surface area contributed by atoms with Crippen LogP contribution in [-0.2, 0) is 0 Å². The second kappa shape index (κ2) is 19.2. The van der Waals surface area contributed by atoms with Crippen LogP contribution in [0.15, 0.2) is 0 Å². The van der Waals surface area contributed by atoms with Crippen molar-refractivity contribution in [2.24, 2.45) is 58.7 Å². The van der Waals surface area contributed by atoms with Gasteiger partial charge < -0.3 is 0 Å². The van der Waals surface area contributed by atoms with Gasteiger partial charge in [0.15, 0.2) is 0 Å². The van der Waals surface area contributed by atoms with Crippen LogP contribution >= 0.6 is 0 Å². The van der Waals surface area contributed by atoms with E-state index in [9.17, 15) is 0 Å². The topological polar surface area (TPSA) is 0 Å². The van der Waals surface area contributed by atoms with Gasteiger partial charge in [-0.1, -0.05) is 153 Å². The lowest BCUT2D eigenvalue weighted by Gasteiger charge is -2.36. The number of rotatable bonds is 22. The van der Waals surface area contributed by atoms with Gasteiger partial charge in [0.2, 0.25) is 0 Å². The first-order chi connectivity index (χ1) is 17.9. The SMILES string of the molecule is CCCCCC(C)(C)CCCCC(C)CC(CCCCCC(C)CC(C)C)C(C)C(C)C1CCC(C)C1C. The maximum Gasteiger partial charge on any atom is -0.0354 e. The van der Waals surface area contributed by atoms with E-state index in [-0.39, 0.29) is 0 Å². The zero-order valence-corrected chi connectivity index (χ0v) is 28.7. The van der Waals surface area contributed by atoms with Crippen molar-refractivity contribution in [1.82, 2.24) is 0 Å². The van der Waals surface area contributed by atoms with Crippen molar-refractivity contribution >= 4 is 0 Å². The van der Waals surface area contributed by atoms with Gasteiger partial charge in [0.05, 0.1) is 0 Å². The predicted molar refractivity (Wildman–Crippen MR) is 175 cm³/mol. The average molecular weight is 533 g/mol. The van der Waals surface area contributed by atoms with Gasteiger partial charge in [-0.3, -0.25) is 0 Å². The third kappa shape index (κ3) is 14.6. The fourth-order valence-electron chi connectivity index (χ4n) is 8.27. The fraction of sp³-hybridized carbons (Fsp3) is 1.00. The zero-order chi connectivity index (χ0) is 28.7. The minimum Gasteiger partial charge on any atom is -0.0654 e. The summed E-state index contributed by atoms with van der Waals surface area (Å²) in [5.41, 5.74) is 0.548. The molecule has 38 heavy (non-hydrogen) atoms. The monoisotopic (exact) mass is 533 g/mol. The summed E-state index contributed by atoms with van der Waals surface area (Å²) in [6.45, 7) is 27.5. The van der Waals surface area contributed by atoms with E-state index < -0.39 is 0 Å². The first kappa shape index (κ1) is 36.0. The van der Waals surface area contributed by atoms with Crippen LogP contribution in [0.3, 0.4) is 0 Å². The molecule has 1 saturated carbocycles. The Balaban J connectivity index is 2.58. The van der Waals surface area contributed by atoms with Crippen LogP contribution < -0.4 is 0 Å². The smallest absolute Gasteiger partial charge is 0.0354 e. The van der Waals surface area contributed by atoms with Crippen molar-refractivity contribution < 1.29 is 0 Å². The molecule has 0 heteroatoms. The molecule has 0 spiro atoms. The maximum absolute atomic E-state index is 2.65. The molecule has 0 aromatic carbocycles. The van der Waals surface area contributed by atoms with Gasteiger partial charge >= 0.3 is 0 Å². The normalized spacial score (nSPS) is 24.5. The molecule has 1 rings (SSSR count). The molecule has 1 aliphatic rings. The van der Waals surface area contributed by atoms with E-state index in [1.54, 1.807) is 0 Å². The second-order valence-corrected chi connectivity index (χ2v) is 16.1. The van der Waals surface area contributed by atoms with Crippen LogP contribution in [0.5, 0.6) is 0 Å². The van der Waals surface area contributed by atoms with Crippen molar-refractivity contribution in [1.29, 1.82) is 0 Å². The van der Waals surface area contributed by atoms with Crippen LogP contribution in [0, 0.1) is 58.7 Å². The molecule has 8 unspecified atom stereocenters. The summed E-state index contributed by atoms with van der Waals surface area (Å²) < 4.78 is 0. The number of unbranched alkanes of at least 4 members (excludes halogenated alkanes) is 5. The summed E-state index contributed by atoms with van der Waals surface area (Å²) in [5.74, 6) is 8.18. The highest BCUT2D eigenvalue weighted by molar-refractivity contribution is 4.87. The van der Waals surface area contributed by atoms with Gasteiger partial charge in [0, 0.05) is 0 Å². The van der Waals surface area contributed by atoms with Gasteiger partial charge in [-0.2, -0.15) is 0 Å². The minimum absolute atomic E-state index is 0.548. The Kier molecular flexibility index (Phi) is 18.2. The second-order valence-electron chi connectivity index (χ2n) is 16.1. The molecular weight excluding hydrogens is 456 g/mol. The van der Waals surface area contributed by atoms with Crippen LogP contribution in [0.1, 0.15) is 185 Å². The largest absolute Gasteiger partial charge is 0.0654 e. The van der Waals surface area contributed by atoms with Crippen molar-refractivity contribution in [2.75, 3.05) is 0 Å². The van der Waals surface area contributed by atoms with Crippen molar-refractivity contribution in [3.05, 3.63) is 0 Å². The quantitative estimate of drug-likeness (QED) is 0.122. The molecule has 0 aromatic rings. The molecule has 0 heterocycles. The van der Waals surface area contributed by atoms with Gasteiger partial charge in [-0.05, 0) is 90.8 Å². The van der Waals surface area contributed by atoms with Crippen molar-refractivity contribution in [2.45, 2.75) is 185 Å². The van der Waals surface area contributed by atoms with E-state index in [1.165, 1.54) is 109 Å². The molecule has 0 N–H and O–H groups in total. The third-order valence-electron chi connectivity index (χ3n) is 11.4. The van der Waals surface area contributed by atoms with Crippen LogP contribution in [0.25, 0.3) is 0 Å². The Labute approximate surface area is 243 Å². The van der Waals surface area contributed by atoms with E-state index in [0.717, 1.165) is 53.3 Å². The Morgan fingerprint density at radius 3 is 1.76 bits per heavy atom. The average Bonchev–Trinajstić information content (AvgIpc) is 3.17. The summed E-state index contributed by atoms with van der Waals surface area (Å²) >= 11 is 0. The van der Waals surface area contributed by atoms with Gasteiger partial charge in [-0.15, -0.1) is 0 Å². The number of hydrogen-bond donors (Lipinski definition) is 0. The summed E-state index contributed by atoms with van der Waals surface area (Å²) in [4.78, 5) is 0. The lowest BCUT2D eigenvalue weighted by Crippen LogP contribution is -2.28. The van der Waals surface area contributed by atoms with Gasteiger partial charge in [0.25, 0.3) is 0 Å². The summed E-state index contributed by atoms with van der Waals surface area (Å²) in [7, 11) is 0. The molecule has 8 atom stereocenters. The molecule has 1 aliphatic carbocycles. The first-order valence-electron chi connectivity index (χ1n) is 17.9. The first-order valence-corrected chi connectivity index (χ1v) is 17.9. The van der Waals surface area contributed by atoms with Crippen LogP contribution in [0.4, 0.5) is 0 Å². The highest BCUT2D eigenvalue weighted by Crippen LogP contribution is 2.46. The van der Waals surface area contributed by atoms with E-state index in [0.29, 0.717) is 5.41 Å². The van der Waals surface area contributed by atoms with Crippen molar-refractivity contribution in [3.8, 4) is 0 Å².